The molecule has 0 aliphatic heterocycles. The molecule has 0 heterocycles. The van der Waals surface area contributed by atoms with Gasteiger partial charge in [-0.2, -0.15) is 8.42 Å². The van der Waals surface area contributed by atoms with Gasteiger partial charge in [0.1, 0.15) is 0 Å². The number of hydrogen-bond acceptors (Lipinski definition) is 3. The summed E-state index contributed by atoms with van der Waals surface area (Å²) in [5, 5.41) is 8.25. The average molecular weight is 210 g/mol. The Kier molecular flexibility index (Phi) is 5.51. The summed E-state index contributed by atoms with van der Waals surface area (Å²) < 4.78 is 30.2. The maximum Gasteiger partial charge on any atom is 0.267 e. The molecule has 0 saturated carbocycles. The van der Waals surface area contributed by atoms with Crippen LogP contribution in [0.2, 0.25) is 0 Å². The first-order chi connectivity index (χ1) is 5.88. The molecule has 2 unspecified atom stereocenters. The Bertz CT molecular complexity index is 220. The van der Waals surface area contributed by atoms with Gasteiger partial charge in [-0.3, -0.25) is 4.55 Å². The minimum absolute atomic E-state index is 0.404. The van der Waals surface area contributed by atoms with Crippen LogP contribution < -0.4 is 0 Å². The van der Waals surface area contributed by atoms with Gasteiger partial charge >= 0.3 is 0 Å². The van der Waals surface area contributed by atoms with E-state index in [0.29, 0.717) is 25.7 Å². The molecule has 0 bridgehead atoms. The summed E-state index contributed by atoms with van der Waals surface area (Å²) in [6, 6.07) is 0. The zero-order valence-corrected chi connectivity index (χ0v) is 8.92. The van der Waals surface area contributed by atoms with Crippen LogP contribution in [0.15, 0.2) is 0 Å². The highest BCUT2D eigenvalue weighted by Crippen LogP contribution is 2.13. The van der Waals surface area contributed by atoms with Crippen molar-refractivity contribution in [3.05, 3.63) is 0 Å². The van der Waals surface area contributed by atoms with Crippen molar-refractivity contribution in [2.24, 2.45) is 0 Å². The van der Waals surface area contributed by atoms with E-state index < -0.39 is 21.5 Å². The Labute approximate surface area is 79.7 Å². The molecule has 0 aliphatic carbocycles. The number of aliphatic hydroxyl groups is 1. The van der Waals surface area contributed by atoms with Gasteiger partial charge in [-0.25, -0.2) is 0 Å². The quantitative estimate of drug-likeness (QED) is 0.646. The Morgan fingerprint density at radius 2 is 1.85 bits per heavy atom. The van der Waals surface area contributed by atoms with Crippen molar-refractivity contribution >= 4 is 10.1 Å². The fraction of sp³-hybridized carbons (Fsp3) is 1.00. The number of rotatable bonds is 6. The van der Waals surface area contributed by atoms with E-state index in [1.54, 1.807) is 13.8 Å². The lowest BCUT2D eigenvalue weighted by Crippen LogP contribution is -2.19. The fourth-order valence-corrected chi connectivity index (χ4v) is 2.09. The lowest BCUT2D eigenvalue weighted by Gasteiger charge is -2.11. The van der Waals surface area contributed by atoms with Crippen molar-refractivity contribution in [2.45, 2.75) is 50.9 Å². The standard InChI is InChI=1S/C8H18O4S/c1-3-8(13(10,11)12)6-4-5-7(2)9/h7-9H,3-6H2,1-2H3,(H,10,11,12). The molecule has 0 aromatic rings. The van der Waals surface area contributed by atoms with E-state index in [2.05, 4.69) is 0 Å². The van der Waals surface area contributed by atoms with Crippen molar-refractivity contribution in [1.82, 2.24) is 0 Å². The predicted molar refractivity (Wildman–Crippen MR) is 51.2 cm³/mol. The van der Waals surface area contributed by atoms with Gasteiger partial charge in [0.2, 0.25) is 0 Å². The molecule has 0 radical (unpaired) electrons. The predicted octanol–water partition coefficient (Wildman–Crippen LogP) is 1.20. The zero-order valence-electron chi connectivity index (χ0n) is 8.10. The van der Waals surface area contributed by atoms with Crippen molar-refractivity contribution in [3.8, 4) is 0 Å². The van der Waals surface area contributed by atoms with E-state index in [0.717, 1.165) is 0 Å². The molecule has 0 fully saturated rings. The summed E-state index contributed by atoms with van der Waals surface area (Å²) in [6.07, 6.45) is 1.62. The second-order valence-electron chi connectivity index (χ2n) is 3.33. The molecule has 2 atom stereocenters. The molecule has 0 rings (SSSR count). The molecule has 0 spiro atoms. The van der Waals surface area contributed by atoms with Crippen LogP contribution in [0, 0.1) is 0 Å². The van der Waals surface area contributed by atoms with Gasteiger partial charge in [-0.15, -0.1) is 0 Å². The maximum atomic E-state index is 10.7. The third-order valence-electron chi connectivity index (χ3n) is 2.02. The molecule has 2 N–H and O–H groups in total. The van der Waals surface area contributed by atoms with Gasteiger partial charge in [0.15, 0.2) is 0 Å². The fourth-order valence-electron chi connectivity index (χ4n) is 1.20. The van der Waals surface area contributed by atoms with Crippen LogP contribution in [0.25, 0.3) is 0 Å². The third kappa shape index (κ3) is 6.01. The van der Waals surface area contributed by atoms with Gasteiger partial charge in [-0.1, -0.05) is 6.92 Å². The van der Waals surface area contributed by atoms with Crippen LogP contribution in [-0.4, -0.2) is 29.4 Å². The molecule has 80 valence electrons. The van der Waals surface area contributed by atoms with Crippen LogP contribution >= 0.6 is 0 Å². The van der Waals surface area contributed by atoms with Gasteiger partial charge in [-0.05, 0) is 32.6 Å². The van der Waals surface area contributed by atoms with Crippen LogP contribution in [0.3, 0.4) is 0 Å². The summed E-state index contributed by atoms with van der Waals surface area (Å²) in [5.41, 5.74) is 0. The Balaban J connectivity index is 3.88. The largest absolute Gasteiger partial charge is 0.393 e. The second kappa shape index (κ2) is 5.57. The highest BCUT2D eigenvalue weighted by molar-refractivity contribution is 7.86. The lowest BCUT2D eigenvalue weighted by molar-refractivity contribution is 0.180. The van der Waals surface area contributed by atoms with E-state index >= 15 is 0 Å². The van der Waals surface area contributed by atoms with Crippen molar-refractivity contribution in [3.63, 3.8) is 0 Å². The Morgan fingerprint density at radius 1 is 1.31 bits per heavy atom. The van der Waals surface area contributed by atoms with Gasteiger partial charge in [0, 0.05) is 0 Å². The summed E-state index contributed by atoms with van der Waals surface area (Å²) in [7, 11) is -3.89. The average Bonchev–Trinajstić information content (AvgIpc) is 1.95. The Hall–Kier alpha value is -0.130. The van der Waals surface area contributed by atoms with E-state index in [-0.39, 0.29) is 0 Å². The number of hydrogen-bond donors (Lipinski definition) is 2. The molecule has 0 amide bonds. The molecule has 4 nitrogen and oxygen atoms in total. The van der Waals surface area contributed by atoms with Crippen LogP contribution in [0.4, 0.5) is 0 Å². The van der Waals surface area contributed by atoms with Crippen molar-refractivity contribution in [1.29, 1.82) is 0 Å². The highest BCUT2D eigenvalue weighted by atomic mass is 32.2. The Morgan fingerprint density at radius 3 is 2.15 bits per heavy atom. The topological polar surface area (TPSA) is 74.6 Å². The number of aliphatic hydroxyl groups excluding tert-OH is 1. The van der Waals surface area contributed by atoms with Crippen molar-refractivity contribution in [2.75, 3.05) is 0 Å². The second-order valence-corrected chi connectivity index (χ2v) is 5.02. The molecule has 13 heavy (non-hydrogen) atoms. The van der Waals surface area contributed by atoms with Crippen LogP contribution in [-0.2, 0) is 10.1 Å². The SMILES string of the molecule is CCC(CCCC(C)O)S(=O)(=O)O. The molecule has 5 heteroatoms. The van der Waals surface area contributed by atoms with Crippen molar-refractivity contribution < 1.29 is 18.1 Å². The molecular weight excluding hydrogens is 192 g/mol. The van der Waals surface area contributed by atoms with Crippen LogP contribution in [0.1, 0.15) is 39.5 Å². The first-order valence-corrected chi connectivity index (χ1v) is 6.02. The van der Waals surface area contributed by atoms with Gasteiger partial charge in [0.05, 0.1) is 11.4 Å². The van der Waals surface area contributed by atoms with Gasteiger partial charge < -0.3 is 5.11 Å². The molecule has 0 saturated heterocycles. The van der Waals surface area contributed by atoms with Gasteiger partial charge in [0.25, 0.3) is 10.1 Å². The highest BCUT2D eigenvalue weighted by Gasteiger charge is 2.20. The molecular formula is C8H18O4S. The summed E-state index contributed by atoms with van der Waals surface area (Å²) >= 11 is 0. The first-order valence-electron chi connectivity index (χ1n) is 4.52. The normalized spacial score (nSPS) is 16.9. The molecule has 0 aliphatic rings. The monoisotopic (exact) mass is 210 g/mol. The summed E-state index contributed by atoms with van der Waals surface area (Å²) in [6.45, 7) is 3.38. The zero-order chi connectivity index (χ0) is 10.5. The van der Waals surface area contributed by atoms with E-state index in [1.165, 1.54) is 0 Å². The van der Waals surface area contributed by atoms with E-state index in [9.17, 15) is 8.42 Å². The minimum Gasteiger partial charge on any atom is -0.393 e. The lowest BCUT2D eigenvalue weighted by atomic mass is 10.1. The third-order valence-corrected chi connectivity index (χ3v) is 3.44. The maximum absolute atomic E-state index is 10.7. The summed E-state index contributed by atoms with van der Waals surface area (Å²) in [5.74, 6) is 0. The van der Waals surface area contributed by atoms with E-state index in [1.807, 2.05) is 0 Å². The molecule has 0 aromatic carbocycles. The molecule has 0 aromatic heterocycles. The van der Waals surface area contributed by atoms with Crippen LogP contribution in [0.5, 0.6) is 0 Å². The smallest absolute Gasteiger partial charge is 0.267 e. The minimum atomic E-state index is -3.89. The first kappa shape index (κ1) is 12.9. The summed E-state index contributed by atoms with van der Waals surface area (Å²) in [4.78, 5) is 0. The van der Waals surface area contributed by atoms with E-state index in [4.69, 9.17) is 9.66 Å².